The molecule has 1 aliphatic rings. The van der Waals surface area contributed by atoms with Crippen molar-refractivity contribution in [3.8, 4) is 0 Å². The molecule has 0 aromatic carbocycles. The Balaban J connectivity index is 1.89. The summed E-state index contributed by atoms with van der Waals surface area (Å²) in [5, 5.41) is 8.52. The van der Waals surface area contributed by atoms with Crippen LogP contribution in [0, 0.1) is 0 Å². The lowest BCUT2D eigenvalue weighted by Gasteiger charge is -2.31. The van der Waals surface area contributed by atoms with Gasteiger partial charge in [-0.1, -0.05) is 20.8 Å². The monoisotopic (exact) mass is 310 g/mol. The van der Waals surface area contributed by atoms with Gasteiger partial charge in [0.15, 0.2) is 0 Å². The van der Waals surface area contributed by atoms with Crippen LogP contribution in [0.2, 0.25) is 0 Å². The van der Waals surface area contributed by atoms with Crippen LogP contribution in [0.15, 0.2) is 5.38 Å². The number of urea groups is 1. The van der Waals surface area contributed by atoms with E-state index in [1.54, 1.807) is 11.3 Å². The number of thiazole rings is 1. The van der Waals surface area contributed by atoms with Crippen LogP contribution in [-0.2, 0) is 16.8 Å². The lowest BCUT2D eigenvalue weighted by molar-refractivity contribution is -0.124. The van der Waals surface area contributed by atoms with E-state index in [0.717, 1.165) is 10.7 Å². The highest BCUT2D eigenvalue weighted by Crippen LogP contribution is 2.23. The number of rotatable bonds is 2. The molecule has 0 unspecified atom stereocenters. The van der Waals surface area contributed by atoms with Gasteiger partial charge < -0.3 is 15.5 Å². The van der Waals surface area contributed by atoms with Crippen LogP contribution >= 0.6 is 11.3 Å². The van der Waals surface area contributed by atoms with Crippen LogP contribution < -0.4 is 10.6 Å². The van der Waals surface area contributed by atoms with Gasteiger partial charge in [-0.25, -0.2) is 9.78 Å². The van der Waals surface area contributed by atoms with Gasteiger partial charge in [0.25, 0.3) is 0 Å². The van der Waals surface area contributed by atoms with Crippen molar-refractivity contribution in [2.24, 2.45) is 0 Å². The molecule has 1 atom stereocenters. The van der Waals surface area contributed by atoms with E-state index in [-0.39, 0.29) is 29.9 Å². The average molecular weight is 310 g/mol. The Kier molecular flexibility index (Phi) is 4.51. The zero-order valence-corrected chi connectivity index (χ0v) is 13.7. The molecule has 0 radical (unpaired) electrons. The summed E-state index contributed by atoms with van der Waals surface area (Å²) in [5.41, 5.74) is 1.04. The summed E-state index contributed by atoms with van der Waals surface area (Å²) < 4.78 is 0. The highest BCUT2D eigenvalue weighted by Gasteiger charge is 2.25. The predicted octanol–water partition coefficient (Wildman–Crippen LogP) is 1.47. The maximum atomic E-state index is 12.1. The van der Waals surface area contributed by atoms with E-state index in [1.807, 2.05) is 12.3 Å². The minimum atomic E-state index is -0.218. The van der Waals surface area contributed by atoms with Gasteiger partial charge in [0, 0.05) is 23.4 Å². The van der Waals surface area contributed by atoms with Gasteiger partial charge >= 0.3 is 6.03 Å². The minimum Gasteiger partial charge on any atom is -0.350 e. The summed E-state index contributed by atoms with van der Waals surface area (Å²) in [5.74, 6) is -0.117. The SMILES string of the molecule is C[C@H]1CN(C(=O)NCc2nc(C(C)(C)C)cs2)CC(=O)N1. The topological polar surface area (TPSA) is 74.3 Å². The van der Waals surface area contributed by atoms with E-state index in [2.05, 4.69) is 36.4 Å². The first-order valence-corrected chi connectivity index (χ1v) is 7.90. The Morgan fingerprint density at radius 3 is 2.86 bits per heavy atom. The molecule has 0 aliphatic carbocycles. The molecule has 1 fully saturated rings. The maximum absolute atomic E-state index is 12.1. The molecule has 6 nitrogen and oxygen atoms in total. The molecular formula is C14H22N4O2S. The van der Waals surface area contributed by atoms with E-state index in [9.17, 15) is 9.59 Å². The normalized spacial score (nSPS) is 19.3. The Hall–Kier alpha value is -1.63. The van der Waals surface area contributed by atoms with Crippen molar-refractivity contribution in [1.29, 1.82) is 0 Å². The second-order valence-electron chi connectivity index (χ2n) is 6.38. The van der Waals surface area contributed by atoms with Gasteiger partial charge in [-0.2, -0.15) is 0 Å². The standard InChI is InChI=1S/C14H22N4O2S/c1-9-6-18(7-11(19)16-9)13(20)15-5-12-17-10(8-21-12)14(2,3)4/h8-9H,5-7H2,1-4H3,(H,15,20)(H,16,19)/t9-/m0/s1. The van der Waals surface area contributed by atoms with Crippen molar-refractivity contribution in [2.75, 3.05) is 13.1 Å². The lowest BCUT2D eigenvalue weighted by Crippen LogP contribution is -2.56. The quantitative estimate of drug-likeness (QED) is 0.868. The molecule has 0 bridgehead atoms. The fourth-order valence-electron chi connectivity index (χ4n) is 2.09. The molecular weight excluding hydrogens is 288 g/mol. The Labute approximate surface area is 128 Å². The molecule has 116 valence electrons. The van der Waals surface area contributed by atoms with Crippen molar-refractivity contribution in [3.05, 3.63) is 16.1 Å². The van der Waals surface area contributed by atoms with Crippen LogP contribution in [0.4, 0.5) is 4.79 Å². The van der Waals surface area contributed by atoms with Gasteiger partial charge in [0.1, 0.15) is 11.6 Å². The number of carbonyl (C=O) groups is 2. The van der Waals surface area contributed by atoms with Crippen LogP contribution in [0.3, 0.4) is 0 Å². The van der Waals surface area contributed by atoms with E-state index >= 15 is 0 Å². The number of hydrogen-bond donors (Lipinski definition) is 2. The van der Waals surface area contributed by atoms with E-state index in [1.165, 1.54) is 4.90 Å². The maximum Gasteiger partial charge on any atom is 0.318 e. The second-order valence-corrected chi connectivity index (χ2v) is 7.33. The number of carbonyl (C=O) groups excluding carboxylic acids is 2. The summed E-state index contributed by atoms with van der Waals surface area (Å²) in [7, 11) is 0. The molecule has 1 saturated heterocycles. The summed E-state index contributed by atoms with van der Waals surface area (Å²) >= 11 is 1.54. The lowest BCUT2D eigenvalue weighted by atomic mass is 9.93. The molecule has 1 aromatic rings. The third-order valence-corrected chi connectivity index (χ3v) is 4.08. The molecule has 7 heteroatoms. The first-order valence-electron chi connectivity index (χ1n) is 7.02. The zero-order chi connectivity index (χ0) is 15.6. The third-order valence-electron chi connectivity index (χ3n) is 3.23. The predicted molar refractivity (Wildman–Crippen MR) is 82.2 cm³/mol. The van der Waals surface area contributed by atoms with Crippen molar-refractivity contribution in [3.63, 3.8) is 0 Å². The number of aromatic nitrogens is 1. The van der Waals surface area contributed by atoms with Crippen molar-refractivity contribution >= 4 is 23.3 Å². The molecule has 1 aromatic heterocycles. The molecule has 0 spiro atoms. The summed E-state index contributed by atoms with van der Waals surface area (Å²) in [6.45, 7) is 9.25. The van der Waals surface area contributed by atoms with Crippen LogP contribution in [0.1, 0.15) is 38.4 Å². The van der Waals surface area contributed by atoms with Gasteiger partial charge in [-0.3, -0.25) is 4.79 Å². The molecule has 2 N–H and O–H groups in total. The highest BCUT2D eigenvalue weighted by molar-refractivity contribution is 7.09. The minimum absolute atomic E-state index is 0.00986. The molecule has 21 heavy (non-hydrogen) atoms. The molecule has 2 rings (SSSR count). The van der Waals surface area contributed by atoms with Crippen molar-refractivity contribution in [2.45, 2.75) is 45.7 Å². The summed E-state index contributed by atoms with van der Waals surface area (Å²) in [4.78, 5) is 29.6. The number of nitrogens with one attached hydrogen (secondary N) is 2. The zero-order valence-electron chi connectivity index (χ0n) is 12.9. The van der Waals surface area contributed by atoms with Gasteiger partial charge in [-0.05, 0) is 6.92 Å². The van der Waals surface area contributed by atoms with Crippen LogP contribution in [0.25, 0.3) is 0 Å². The summed E-state index contributed by atoms with van der Waals surface area (Å²) in [6, 6.07) is -0.228. The molecule has 0 saturated carbocycles. The largest absolute Gasteiger partial charge is 0.350 e. The first-order chi connectivity index (χ1) is 9.75. The Morgan fingerprint density at radius 1 is 1.57 bits per heavy atom. The van der Waals surface area contributed by atoms with Crippen molar-refractivity contribution < 1.29 is 9.59 Å². The van der Waals surface area contributed by atoms with Crippen molar-refractivity contribution in [1.82, 2.24) is 20.5 Å². The van der Waals surface area contributed by atoms with E-state index in [4.69, 9.17) is 0 Å². The Bertz CT molecular complexity index is 535. The third kappa shape index (κ3) is 4.17. The van der Waals surface area contributed by atoms with Crippen LogP contribution in [0.5, 0.6) is 0 Å². The molecule has 2 heterocycles. The Morgan fingerprint density at radius 2 is 2.29 bits per heavy atom. The molecule has 1 aliphatic heterocycles. The number of amides is 3. The van der Waals surface area contributed by atoms with Crippen LogP contribution in [-0.4, -0.2) is 41.0 Å². The number of piperazine rings is 1. The van der Waals surface area contributed by atoms with Gasteiger partial charge in [-0.15, -0.1) is 11.3 Å². The van der Waals surface area contributed by atoms with E-state index < -0.39 is 0 Å². The summed E-state index contributed by atoms with van der Waals surface area (Å²) in [6.07, 6.45) is 0. The fourth-order valence-corrected chi connectivity index (χ4v) is 3.05. The number of hydrogen-bond acceptors (Lipinski definition) is 4. The first kappa shape index (κ1) is 15.8. The van der Waals surface area contributed by atoms with E-state index in [0.29, 0.717) is 13.1 Å². The average Bonchev–Trinajstić information content (AvgIpc) is 2.83. The second kappa shape index (κ2) is 6.01. The smallest absolute Gasteiger partial charge is 0.318 e. The highest BCUT2D eigenvalue weighted by atomic mass is 32.1. The fraction of sp³-hybridized carbons (Fsp3) is 0.643. The van der Waals surface area contributed by atoms with Gasteiger partial charge in [0.05, 0.1) is 12.2 Å². The van der Waals surface area contributed by atoms with Gasteiger partial charge in [0.2, 0.25) is 5.91 Å². The number of nitrogens with zero attached hydrogens (tertiary/aromatic N) is 2. The molecule has 3 amide bonds.